The lowest BCUT2D eigenvalue weighted by Gasteiger charge is -2.40. The fraction of sp³-hybridized carbons (Fsp3) is 0.429. The maximum Gasteiger partial charge on any atom is 0.258 e. The standard InChI is InChI=1S/C42H51FN6O5/c1-44-40(51)14-11-31(27-50)45-30-9-12-33(13-10-30)49-21-15-28(16-22-49)41(52)47(3)32-17-19-48(20-18-32)26-37-38(43)23-29(24-39(37)54-4)36-25-46(2)42(53)35-8-6-5-7-34(35)36/h5-10,12-13,23-25,27-28,31-32,45H,11,14-22,26H2,1-4H3,(H,44,51). The summed E-state index contributed by atoms with van der Waals surface area (Å²) in [6.45, 7) is 3.44. The van der Waals surface area contributed by atoms with Gasteiger partial charge in [-0.2, -0.15) is 0 Å². The van der Waals surface area contributed by atoms with Crippen LogP contribution in [0, 0.1) is 11.7 Å². The molecule has 3 heterocycles. The quantitative estimate of drug-likeness (QED) is 0.180. The van der Waals surface area contributed by atoms with E-state index in [-0.39, 0.29) is 41.6 Å². The number of pyridine rings is 1. The fourth-order valence-electron chi connectivity index (χ4n) is 7.86. The summed E-state index contributed by atoms with van der Waals surface area (Å²) in [5.74, 6) is 0.188. The summed E-state index contributed by atoms with van der Waals surface area (Å²) in [6, 6.07) is 18.4. The molecule has 2 N–H and O–H groups in total. The summed E-state index contributed by atoms with van der Waals surface area (Å²) in [6.07, 6.45) is 6.45. The van der Waals surface area contributed by atoms with Crippen molar-refractivity contribution in [3.05, 3.63) is 88.6 Å². The van der Waals surface area contributed by atoms with Crippen LogP contribution < -0.4 is 25.8 Å². The van der Waals surface area contributed by atoms with E-state index in [1.807, 2.05) is 60.5 Å². The van der Waals surface area contributed by atoms with E-state index in [2.05, 4.69) is 20.4 Å². The molecule has 0 bridgehead atoms. The molecule has 286 valence electrons. The Morgan fingerprint density at radius 3 is 2.33 bits per heavy atom. The molecule has 0 spiro atoms. The number of nitrogens with one attached hydrogen (secondary N) is 2. The van der Waals surface area contributed by atoms with Crippen LogP contribution in [0.2, 0.25) is 0 Å². The van der Waals surface area contributed by atoms with Crippen LogP contribution in [0.3, 0.4) is 0 Å². The number of anilines is 2. The predicted octanol–water partition coefficient (Wildman–Crippen LogP) is 5.20. The van der Waals surface area contributed by atoms with Crippen LogP contribution in [-0.2, 0) is 28.0 Å². The van der Waals surface area contributed by atoms with Crippen molar-refractivity contribution in [3.63, 3.8) is 0 Å². The van der Waals surface area contributed by atoms with E-state index >= 15 is 4.39 Å². The minimum Gasteiger partial charge on any atom is -0.496 e. The lowest BCUT2D eigenvalue weighted by Crippen LogP contribution is -2.48. The number of aromatic nitrogens is 1. The number of hydrogen-bond acceptors (Lipinski definition) is 8. The zero-order chi connectivity index (χ0) is 38.4. The first-order chi connectivity index (χ1) is 26.1. The van der Waals surface area contributed by atoms with Gasteiger partial charge in [-0.1, -0.05) is 18.2 Å². The van der Waals surface area contributed by atoms with E-state index in [0.29, 0.717) is 35.2 Å². The van der Waals surface area contributed by atoms with E-state index in [9.17, 15) is 19.2 Å². The van der Waals surface area contributed by atoms with Gasteiger partial charge in [0.25, 0.3) is 5.56 Å². The van der Waals surface area contributed by atoms with Crippen molar-refractivity contribution in [2.24, 2.45) is 13.0 Å². The molecule has 0 radical (unpaired) electrons. The number of benzene rings is 3. The number of carbonyl (C=O) groups excluding carboxylic acids is 3. The molecule has 1 unspecified atom stereocenters. The molecule has 2 fully saturated rings. The summed E-state index contributed by atoms with van der Waals surface area (Å²) >= 11 is 0. The van der Waals surface area contributed by atoms with Crippen molar-refractivity contribution in [2.45, 2.75) is 57.2 Å². The molecule has 1 atom stereocenters. The molecular formula is C42H51FN6O5. The summed E-state index contributed by atoms with van der Waals surface area (Å²) in [4.78, 5) is 55.9. The zero-order valence-electron chi connectivity index (χ0n) is 31.6. The fourth-order valence-corrected chi connectivity index (χ4v) is 7.86. The largest absolute Gasteiger partial charge is 0.496 e. The predicted molar refractivity (Wildman–Crippen MR) is 210 cm³/mol. The minimum absolute atomic E-state index is 0.0279. The Kier molecular flexibility index (Phi) is 12.3. The molecule has 12 heteroatoms. The maximum atomic E-state index is 15.8. The second-order valence-corrected chi connectivity index (χ2v) is 14.5. The molecule has 6 rings (SSSR count). The molecule has 3 aromatic carbocycles. The van der Waals surface area contributed by atoms with Gasteiger partial charge in [-0.05, 0) is 85.5 Å². The molecule has 11 nitrogen and oxygen atoms in total. The third-order valence-corrected chi connectivity index (χ3v) is 11.2. The van der Waals surface area contributed by atoms with Crippen LogP contribution in [0.4, 0.5) is 15.8 Å². The summed E-state index contributed by atoms with van der Waals surface area (Å²) in [5.41, 5.74) is 3.70. The van der Waals surface area contributed by atoms with Gasteiger partial charge < -0.3 is 34.5 Å². The van der Waals surface area contributed by atoms with Crippen LogP contribution in [0.5, 0.6) is 5.75 Å². The van der Waals surface area contributed by atoms with Gasteiger partial charge in [-0.25, -0.2) is 4.39 Å². The normalized spacial score (nSPS) is 16.2. The van der Waals surface area contributed by atoms with Gasteiger partial charge in [0, 0.05) is 106 Å². The smallest absolute Gasteiger partial charge is 0.258 e. The van der Waals surface area contributed by atoms with Crippen LogP contribution in [0.15, 0.2) is 71.7 Å². The highest BCUT2D eigenvalue weighted by molar-refractivity contribution is 5.96. The lowest BCUT2D eigenvalue weighted by molar-refractivity contribution is -0.138. The van der Waals surface area contributed by atoms with E-state index < -0.39 is 6.04 Å². The molecular weight excluding hydrogens is 687 g/mol. The Balaban J connectivity index is 0.999. The SMILES string of the molecule is CNC(=O)CCC(C=O)Nc1ccc(N2CCC(C(=O)N(C)C3CCN(Cc4c(F)cc(-c5cn(C)c(=O)c6ccccc56)cc4OC)CC3)CC2)cc1. The Morgan fingerprint density at radius 2 is 1.69 bits per heavy atom. The number of ether oxygens (including phenoxy) is 1. The number of likely N-dealkylation sites (tertiary alicyclic amines) is 1. The van der Waals surface area contributed by atoms with E-state index in [0.717, 1.165) is 80.5 Å². The van der Waals surface area contributed by atoms with Gasteiger partial charge in [-0.3, -0.25) is 19.3 Å². The van der Waals surface area contributed by atoms with Crippen molar-refractivity contribution in [1.82, 2.24) is 19.7 Å². The Morgan fingerprint density at radius 1 is 1.00 bits per heavy atom. The Hall–Kier alpha value is -5.23. The highest BCUT2D eigenvalue weighted by atomic mass is 19.1. The number of hydrogen-bond donors (Lipinski definition) is 2. The molecule has 2 aliphatic heterocycles. The number of aldehydes is 1. The summed E-state index contributed by atoms with van der Waals surface area (Å²) in [7, 11) is 6.76. The van der Waals surface area contributed by atoms with Gasteiger partial charge in [0.15, 0.2) is 0 Å². The highest BCUT2D eigenvalue weighted by Crippen LogP contribution is 2.35. The van der Waals surface area contributed by atoms with E-state index in [4.69, 9.17) is 4.74 Å². The van der Waals surface area contributed by atoms with Gasteiger partial charge in [-0.15, -0.1) is 0 Å². The molecule has 0 saturated carbocycles. The molecule has 4 aromatic rings. The topological polar surface area (TPSA) is 116 Å². The molecule has 0 aliphatic carbocycles. The van der Waals surface area contributed by atoms with Crippen molar-refractivity contribution < 1.29 is 23.5 Å². The van der Waals surface area contributed by atoms with Gasteiger partial charge in [0.1, 0.15) is 17.9 Å². The molecule has 1 aromatic heterocycles. The third kappa shape index (κ3) is 8.59. The monoisotopic (exact) mass is 738 g/mol. The lowest BCUT2D eigenvalue weighted by atomic mass is 9.93. The Labute approximate surface area is 316 Å². The maximum absolute atomic E-state index is 15.8. The first-order valence-corrected chi connectivity index (χ1v) is 18.8. The third-order valence-electron chi connectivity index (χ3n) is 11.2. The molecule has 54 heavy (non-hydrogen) atoms. The van der Waals surface area contributed by atoms with Crippen LogP contribution in [0.1, 0.15) is 44.1 Å². The number of amides is 2. The van der Waals surface area contributed by atoms with Crippen molar-refractivity contribution in [3.8, 4) is 16.9 Å². The number of piperidine rings is 2. The van der Waals surface area contributed by atoms with Crippen LogP contribution in [-0.4, -0.2) is 91.9 Å². The van der Waals surface area contributed by atoms with E-state index in [1.54, 1.807) is 33.5 Å². The van der Waals surface area contributed by atoms with Gasteiger partial charge >= 0.3 is 0 Å². The molecule has 2 aliphatic rings. The van der Waals surface area contributed by atoms with Crippen molar-refractivity contribution in [1.29, 1.82) is 0 Å². The number of rotatable bonds is 13. The number of nitrogens with zero attached hydrogens (tertiary/aromatic N) is 4. The van der Waals surface area contributed by atoms with Gasteiger partial charge in [0.2, 0.25) is 11.8 Å². The molecule has 2 saturated heterocycles. The highest BCUT2D eigenvalue weighted by Gasteiger charge is 2.32. The van der Waals surface area contributed by atoms with Crippen LogP contribution >= 0.6 is 0 Å². The summed E-state index contributed by atoms with van der Waals surface area (Å²) < 4.78 is 23.1. The Bertz CT molecular complexity index is 2020. The zero-order valence-corrected chi connectivity index (χ0v) is 31.6. The van der Waals surface area contributed by atoms with E-state index in [1.165, 1.54) is 10.6 Å². The number of aryl methyl sites for hydroxylation is 1. The van der Waals surface area contributed by atoms with Crippen molar-refractivity contribution >= 4 is 40.2 Å². The second-order valence-electron chi connectivity index (χ2n) is 14.5. The first kappa shape index (κ1) is 38.5. The van der Waals surface area contributed by atoms with Gasteiger partial charge in [0.05, 0.1) is 13.2 Å². The molecule has 2 amide bonds. The number of halogens is 1. The number of fused-ring (bicyclic) bond motifs is 1. The number of methoxy groups -OCH3 is 1. The number of carbonyl (C=O) groups is 3. The van der Waals surface area contributed by atoms with Crippen molar-refractivity contribution in [2.75, 3.05) is 57.6 Å². The average molecular weight is 739 g/mol. The minimum atomic E-state index is -0.440. The average Bonchev–Trinajstić information content (AvgIpc) is 3.21. The van der Waals surface area contributed by atoms with Crippen LogP contribution in [0.25, 0.3) is 21.9 Å². The second kappa shape index (κ2) is 17.3. The summed E-state index contributed by atoms with van der Waals surface area (Å²) in [5, 5.41) is 7.11. The first-order valence-electron chi connectivity index (χ1n) is 18.8.